The molecule has 0 spiro atoms. The third-order valence-electron chi connectivity index (χ3n) is 5.57. The number of carbonyl (C=O) groups is 1. The Hall–Kier alpha value is -2.37. The molecule has 3 rings (SSSR count). The highest BCUT2D eigenvalue weighted by molar-refractivity contribution is 5.84. The summed E-state index contributed by atoms with van der Waals surface area (Å²) in [4.78, 5) is 14.6. The lowest BCUT2D eigenvalue weighted by atomic mass is 9.87. The summed E-state index contributed by atoms with van der Waals surface area (Å²) >= 11 is 0. The number of nitrogens with zero attached hydrogens (tertiary/aromatic N) is 1. The standard InChI is InChI=1S/C24H32N2O3/c1-18-7-5-6-8-19(18)17-26-15-13-24(28,14-16-26)29-22(27)25-21-11-9-20(10-12-21)23(2,3)4/h5-12,28H,13-17H2,1-4H3,(H,25,27). The number of rotatable bonds is 4. The Labute approximate surface area is 173 Å². The van der Waals surface area contributed by atoms with Crippen LogP contribution in [0.4, 0.5) is 10.5 Å². The highest BCUT2D eigenvalue weighted by Crippen LogP contribution is 2.27. The SMILES string of the molecule is Cc1ccccc1CN1CCC(O)(OC(=O)Nc2ccc(C(C)(C)C)cc2)CC1. The molecule has 1 fully saturated rings. The maximum Gasteiger partial charge on any atom is 0.414 e. The number of amides is 1. The third-order valence-corrected chi connectivity index (χ3v) is 5.57. The molecule has 0 unspecified atom stereocenters. The Balaban J connectivity index is 1.50. The van der Waals surface area contributed by atoms with Crippen molar-refractivity contribution in [2.24, 2.45) is 0 Å². The zero-order valence-corrected chi connectivity index (χ0v) is 17.9. The average molecular weight is 397 g/mol. The lowest BCUT2D eigenvalue weighted by Gasteiger charge is -2.37. The van der Waals surface area contributed by atoms with Crippen molar-refractivity contribution < 1.29 is 14.6 Å². The van der Waals surface area contributed by atoms with Gasteiger partial charge < -0.3 is 9.84 Å². The van der Waals surface area contributed by atoms with Crippen LogP contribution in [0.15, 0.2) is 48.5 Å². The minimum atomic E-state index is -1.42. The van der Waals surface area contributed by atoms with Gasteiger partial charge in [0, 0.05) is 38.2 Å². The first-order valence-electron chi connectivity index (χ1n) is 10.2. The van der Waals surface area contributed by atoms with Crippen molar-refractivity contribution >= 4 is 11.8 Å². The van der Waals surface area contributed by atoms with Crippen molar-refractivity contribution in [2.75, 3.05) is 18.4 Å². The largest absolute Gasteiger partial charge is 0.417 e. The number of benzene rings is 2. The Morgan fingerprint density at radius 1 is 1.10 bits per heavy atom. The minimum Gasteiger partial charge on any atom is -0.417 e. The van der Waals surface area contributed by atoms with E-state index in [-0.39, 0.29) is 5.41 Å². The van der Waals surface area contributed by atoms with Crippen LogP contribution in [0.1, 0.15) is 50.3 Å². The number of ether oxygens (including phenoxy) is 1. The van der Waals surface area contributed by atoms with E-state index in [1.54, 1.807) is 0 Å². The van der Waals surface area contributed by atoms with Crippen LogP contribution in [-0.2, 0) is 16.7 Å². The number of aryl methyl sites for hydroxylation is 1. The maximum absolute atomic E-state index is 12.3. The summed E-state index contributed by atoms with van der Waals surface area (Å²) in [7, 11) is 0. The van der Waals surface area contributed by atoms with Crippen molar-refractivity contribution in [3.8, 4) is 0 Å². The highest BCUT2D eigenvalue weighted by atomic mass is 16.7. The minimum absolute atomic E-state index is 0.0560. The highest BCUT2D eigenvalue weighted by Gasteiger charge is 2.36. The normalized spacial score (nSPS) is 17.0. The monoisotopic (exact) mass is 396 g/mol. The Morgan fingerprint density at radius 3 is 2.31 bits per heavy atom. The molecule has 156 valence electrons. The van der Waals surface area contributed by atoms with Gasteiger partial charge in [0.1, 0.15) is 0 Å². The Kier molecular flexibility index (Phi) is 6.30. The molecule has 5 heteroatoms. The molecule has 0 radical (unpaired) electrons. The Morgan fingerprint density at radius 2 is 1.72 bits per heavy atom. The van der Waals surface area contributed by atoms with Gasteiger partial charge >= 0.3 is 6.09 Å². The number of likely N-dealkylation sites (tertiary alicyclic amines) is 1. The predicted octanol–water partition coefficient (Wildman–Crippen LogP) is 4.83. The smallest absolute Gasteiger partial charge is 0.414 e. The van der Waals surface area contributed by atoms with Gasteiger partial charge in [-0.2, -0.15) is 0 Å². The van der Waals surface area contributed by atoms with Crippen LogP contribution < -0.4 is 5.32 Å². The fourth-order valence-corrected chi connectivity index (χ4v) is 3.56. The average Bonchev–Trinajstić information content (AvgIpc) is 2.65. The molecule has 2 aromatic rings. The molecule has 5 nitrogen and oxygen atoms in total. The number of hydrogen-bond acceptors (Lipinski definition) is 4. The predicted molar refractivity (Wildman–Crippen MR) is 116 cm³/mol. The van der Waals surface area contributed by atoms with Gasteiger partial charge in [0.15, 0.2) is 0 Å². The van der Waals surface area contributed by atoms with Crippen LogP contribution in [0.2, 0.25) is 0 Å². The lowest BCUT2D eigenvalue weighted by molar-refractivity contribution is -0.186. The second kappa shape index (κ2) is 8.56. The zero-order chi connectivity index (χ0) is 21.1. The first kappa shape index (κ1) is 21.3. The molecule has 1 heterocycles. The van der Waals surface area contributed by atoms with E-state index < -0.39 is 11.9 Å². The van der Waals surface area contributed by atoms with Crippen LogP contribution in [-0.4, -0.2) is 35.0 Å². The number of hydrogen-bond donors (Lipinski definition) is 2. The zero-order valence-electron chi connectivity index (χ0n) is 17.9. The van der Waals surface area contributed by atoms with E-state index in [0.717, 1.165) is 6.54 Å². The van der Waals surface area contributed by atoms with Crippen LogP contribution in [0, 0.1) is 6.92 Å². The summed E-state index contributed by atoms with van der Waals surface area (Å²) in [5, 5.41) is 13.4. The molecule has 1 amide bonds. The van der Waals surface area contributed by atoms with Gasteiger partial charge in [-0.15, -0.1) is 0 Å². The van der Waals surface area contributed by atoms with Crippen molar-refractivity contribution in [3.63, 3.8) is 0 Å². The first-order valence-corrected chi connectivity index (χ1v) is 10.2. The van der Waals surface area contributed by atoms with Crippen molar-refractivity contribution in [1.29, 1.82) is 0 Å². The molecule has 0 saturated carbocycles. The Bertz CT molecular complexity index is 832. The van der Waals surface area contributed by atoms with E-state index in [2.05, 4.69) is 50.0 Å². The molecule has 0 atom stereocenters. The number of nitrogens with one attached hydrogen (secondary N) is 1. The van der Waals surface area contributed by atoms with Gasteiger partial charge in [-0.3, -0.25) is 10.2 Å². The molecule has 0 bridgehead atoms. The molecule has 1 aliphatic rings. The van der Waals surface area contributed by atoms with Crippen molar-refractivity contribution in [3.05, 3.63) is 65.2 Å². The van der Waals surface area contributed by atoms with E-state index in [4.69, 9.17) is 4.74 Å². The van der Waals surface area contributed by atoms with Crippen molar-refractivity contribution in [1.82, 2.24) is 4.90 Å². The number of carbonyl (C=O) groups excluding carboxylic acids is 1. The van der Waals surface area contributed by atoms with E-state index in [1.165, 1.54) is 16.7 Å². The summed E-state index contributed by atoms with van der Waals surface area (Å²) in [5.74, 6) is -1.42. The molecule has 1 saturated heterocycles. The molecule has 29 heavy (non-hydrogen) atoms. The summed E-state index contributed by atoms with van der Waals surface area (Å²) in [6, 6.07) is 16.0. The molecular formula is C24H32N2O3. The van der Waals surface area contributed by atoms with Crippen LogP contribution in [0.3, 0.4) is 0 Å². The van der Waals surface area contributed by atoms with E-state index in [9.17, 15) is 9.90 Å². The second-order valence-corrected chi connectivity index (χ2v) is 8.99. The van der Waals surface area contributed by atoms with Crippen molar-refractivity contribution in [2.45, 2.75) is 58.3 Å². The number of piperidine rings is 1. The quantitative estimate of drug-likeness (QED) is 0.727. The van der Waals surface area contributed by atoms with E-state index in [0.29, 0.717) is 31.6 Å². The molecule has 2 N–H and O–H groups in total. The summed E-state index contributed by atoms with van der Waals surface area (Å²) < 4.78 is 5.38. The number of aliphatic hydroxyl groups is 1. The van der Waals surface area contributed by atoms with Gasteiger partial charge in [0.25, 0.3) is 0 Å². The summed E-state index contributed by atoms with van der Waals surface area (Å²) in [6.07, 6.45) is 0.174. The van der Waals surface area contributed by atoms with E-state index in [1.807, 2.05) is 36.4 Å². The van der Waals surface area contributed by atoms with Gasteiger partial charge in [-0.05, 0) is 41.2 Å². The summed E-state index contributed by atoms with van der Waals surface area (Å²) in [6.45, 7) is 10.7. The molecule has 0 aliphatic carbocycles. The van der Waals surface area contributed by atoms with Gasteiger partial charge in [-0.25, -0.2) is 4.79 Å². The van der Waals surface area contributed by atoms with Gasteiger partial charge in [0.05, 0.1) is 0 Å². The lowest BCUT2D eigenvalue weighted by Crippen LogP contribution is -2.47. The third kappa shape index (κ3) is 5.81. The fraction of sp³-hybridized carbons (Fsp3) is 0.458. The van der Waals surface area contributed by atoms with Crippen LogP contribution in [0.5, 0.6) is 0 Å². The van der Waals surface area contributed by atoms with E-state index >= 15 is 0 Å². The molecule has 0 aromatic heterocycles. The van der Waals surface area contributed by atoms with Crippen LogP contribution >= 0.6 is 0 Å². The fourth-order valence-electron chi connectivity index (χ4n) is 3.56. The topological polar surface area (TPSA) is 61.8 Å². The second-order valence-electron chi connectivity index (χ2n) is 8.99. The maximum atomic E-state index is 12.3. The van der Waals surface area contributed by atoms with Gasteiger partial charge in [0.2, 0.25) is 5.79 Å². The molecular weight excluding hydrogens is 364 g/mol. The summed E-state index contributed by atoms with van der Waals surface area (Å²) in [5.41, 5.74) is 4.46. The van der Waals surface area contributed by atoms with Crippen LogP contribution in [0.25, 0.3) is 0 Å². The number of anilines is 1. The molecule has 1 aliphatic heterocycles. The molecule has 2 aromatic carbocycles. The first-order chi connectivity index (χ1) is 13.6. The van der Waals surface area contributed by atoms with Gasteiger partial charge in [-0.1, -0.05) is 57.2 Å².